The molecule has 0 aromatic heterocycles. The lowest BCUT2D eigenvalue weighted by molar-refractivity contribution is 0.102. The second-order valence-corrected chi connectivity index (χ2v) is 8.58. The maximum Gasteiger partial charge on any atom is 0.257 e. The zero-order chi connectivity index (χ0) is 19.4. The van der Waals surface area contributed by atoms with Crippen molar-refractivity contribution in [3.8, 4) is 5.75 Å². The van der Waals surface area contributed by atoms with Crippen LogP contribution in [-0.4, -0.2) is 38.8 Å². The smallest absolute Gasteiger partial charge is 0.257 e. The van der Waals surface area contributed by atoms with Crippen LogP contribution in [-0.2, 0) is 10.0 Å². The highest BCUT2D eigenvalue weighted by atomic mass is 35.5. The summed E-state index contributed by atoms with van der Waals surface area (Å²) in [6.07, 6.45) is 2.70. The molecule has 0 atom stereocenters. The van der Waals surface area contributed by atoms with Crippen molar-refractivity contribution in [2.24, 2.45) is 0 Å². The van der Waals surface area contributed by atoms with Crippen LogP contribution in [0.2, 0.25) is 5.02 Å². The number of benzene rings is 2. The van der Waals surface area contributed by atoms with E-state index < -0.39 is 15.9 Å². The van der Waals surface area contributed by atoms with E-state index in [2.05, 4.69) is 5.32 Å². The molecule has 0 saturated carbocycles. The van der Waals surface area contributed by atoms with Gasteiger partial charge in [-0.25, -0.2) is 8.42 Å². The van der Waals surface area contributed by atoms with Crippen molar-refractivity contribution < 1.29 is 17.9 Å². The lowest BCUT2D eigenvalue weighted by Crippen LogP contribution is -2.35. The number of ether oxygens (including phenoxy) is 1. The molecule has 1 heterocycles. The number of nitrogens with zero attached hydrogens (tertiary/aromatic N) is 1. The number of hydrogen-bond donors (Lipinski definition) is 1. The molecule has 6 nitrogen and oxygen atoms in total. The average Bonchev–Trinajstić information content (AvgIpc) is 2.69. The van der Waals surface area contributed by atoms with Crippen LogP contribution in [0, 0.1) is 0 Å². The molecule has 0 aliphatic carbocycles. The molecule has 1 aliphatic heterocycles. The van der Waals surface area contributed by atoms with Crippen LogP contribution in [0.1, 0.15) is 29.6 Å². The van der Waals surface area contributed by atoms with E-state index in [4.69, 9.17) is 16.3 Å². The van der Waals surface area contributed by atoms with Crippen LogP contribution < -0.4 is 10.1 Å². The molecule has 0 radical (unpaired) electrons. The molecule has 1 aliphatic rings. The van der Waals surface area contributed by atoms with Crippen molar-refractivity contribution in [1.82, 2.24) is 4.31 Å². The van der Waals surface area contributed by atoms with Gasteiger partial charge in [-0.2, -0.15) is 4.31 Å². The van der Waals surface area contributed by atoms with Gasteiger partial charge in [0.2, 0.25) is 10.0 Å². The topological polar surface area (TPSA) is 75.7 Å². The van der Waals surface area contributed by atoms with Crippen molar-refractivity contribution in [3.05, 3.63) is 53.1 Å². The summed E-state index contributed by atoms with van der Waals surface area (Å²) in [6.45, 7) is 0.976. The average molecular weight is 409 g/mol. The van der Waals surface area contributed by atoms with E-state index in [1.165, 1.54) is 17.5 Å². The summed E-state index contributed by atoms with van der Waals surface area (Å²) < 4.78 is 32.8. The summed E-state index contributed by atoms with van der Waals surface area (Å²) in [6, 6.07) is 11.2. The van der Waals surface area contributed by atoms with Crippen molar-refractivity contribution in [2.45, 2.75) is 24.2 Å². The number of carbonyl (C=O) groups excluding carboxylic acids is 1. The van der Waals surface area contributed by atoms with Crippen LogP contribution in [0.3, 0.4) is 0 Å². The van der Waals surface area contributed by atoms with Crippen LogP contribution in [0.5, 0.6) is 5.75 Å². The maximum absolute atomic E-state index is 13.0. The molecule has 1 saturated heterocycles. The Morgan fingerprint density at radius 1 is 1.11 bits per heavy atom. The molecule has 2 aromatic carbocycles. The van der Waals surface area contributed by atoms with Gasteiger partial charge in [0.1, 0.15) is 10.6 Å². The number of halogens is 1. The number of piperidine rings is 1. The predicted molar refractivity (Wildman–Crippen MR) is 105 cm³/mol. The van der Waals surface area contributed by atoms with Gasteiger partial charge in [-0.15, -0.1) is 0 Å². The summed E-state index contributed by atoms with van der Waals surface area (Å²) in [5.74, 6) is -0.164. The lowest BCUT2D eigenvalue weighted by atomic mass is 10.2. The van der Waals surface area contributed by atoms with Gasteiger partial charge in [-0.05, 0) is 43.2 Å². The molecule has 8 heteroatoms. The Balaban J connectivity index is 1.92. The minimum atomic E-state index is -3.70. The van der Waals surface area contributed by atoms with E-state index in [0.717, 1.165) is 19.3 Å². The molecular formula is C19H21ClN2O4S. The number of anilines is 1. The molecule has 1 N–H and O–H groups in total. The Bertz CT molecular complexity index is 940. The van der Waals surface area contributed by atoms with Crippen molar-refractivity contribution in [3.63, 3.8) is 0 Å². The summed E-state index contributed by atoms with van der Waals surface area (Å²) in [5, 5.41) is 3.03. The molecule has 1 amide bonds. The Hall–Kier alpha value is -2.09. The summed E-state index contributed by atoms with van der Waals surface area (Å²) in [7, 11) is -2.28. The van der Waals surface area contributed by atoms with E-state index in [-0.39, 0.29) is 10.6 Å². The van der Waals surface area contributed by atoms with Crippen molar-refractivity contribution in [2.75, 3.05) is 25.5 Å². The number of sulfonamides is 1. The summed E-state index contributed by atoms with van der Waals surface area (Å²) >= 11 is 6.06. The molecule has 2 aromatic rings. The fraction of sp³-hybridized carbons (Fsp3) is 0.316. The highest BCUT2D eigenvalue weighted by Gasteiger charge is 2.29. The third kappa shape index (κ3) is 4.26. The fourth-order valence-corrected chi connectivity index (χ4v) is 4.96. The molecular weight excluding hydrogens is 388 g/mol. The van der Waals surface area contributed by atoms with Gasteiger partial charge in [-0.3, -0.25) is 4.79 Å². The third-order valence-electron chi connectivity index (χ3n) is 4.47. The first kappa shape index (κ1) is 19.7. The van der Waals surface area contributed by atoms with Gasteiger partial charge in [0, 0.05) is 18.8 Å². The lowest BCUT2D eigenvalue weighted by Gasteiger charge is -2.26. The Labute approximate surface area is 164 Å². The van der Waals surface area contributed by atoms with Crippen molar-refractivity contribution in [1.29, 1.82) is 0 Å². The monoisotopic (exact) mass is 408 g/mol. The molecule has 144 valence electrons. The zero-order valence-corrected chi connectivity index (χ0v) is 16.5. The van der Waals surface area contributed by atoms with E-state index in [0.29, 0.717) is 29.4 Å². The van der Waals surface area contributed by atoms with Gasteiger partial charge in [0.05, 0.1) is 17.7 Å². The van der Waals surface area contributed by atoms with Crippen LogP contribution in [0.4, 0.5) is 5.69 Å². The van der Waals surface area contributed by atoms with Crippen LogP contribution in [0.15, 0.2) is 47.4 Å². The standard InChI is InChI=1S/C19H21ClN2O4S/c1-26-17-10-9-14(21-19(23)15-7-3-4-8-16(15)20)13-18(17)27(24,25)22-11-5-2-6-12-22/h3-4,7-10,13H,2,5-6,11-12H2,1H3,(H,21,23). The van der Waals surface area contributed by atoms with E-state index in [9.17, 15) is 13.2 Å². The maximum atomic E-state index is 13.0. The zero-order valence-electron chi connectivity index (χ0n) is 14.9. The van der Waals surface area contributed by atoms with E-state index in [1.54, 1.807) is 36.4 Å². The quantitative estimate of drug-likeness (QED) is 0.816. The second kappa shape index (κ2) is 8.29. The highest BCUT2D eigenvalue weighted by molar-refractivity contribution is 7.89. The Morgan fingerprint density at radius 2 is 1.81 bits per heavy atom. The van der Waals surface area contributed by atoms with Crippen LogP contribution >= 0.6 is 11.6 Å². The Morgan fingerprint density at radius 3 is 2.48 bits per heavy atom. The summed E-state index contributed by atoms with van der Waals surface area (Å²) in [5.41, 5.74) is 0.673. The molecule has 27 heavy (non-hydrogen) atoms. The van der Waals surface area contributed by atoms with E-state index in [1.807, 2.05) is 0 Å². The largest absolute Gasteiger partial charge is 0.495 e. The number of hydrogen-bond acceptors (Lipinski definition) is 4. The summed E-state index contributed by atoms with van der Waals surface area (Å²) in [4.78, 5) is 12.5. The van der Waals surface area contributed by atoms with Gasteiger partial charge >= 0.3 is 0 Å². The number of carbonyl (C=O) groups is 1. The van der Waals surface area contributed by atoms with Gasteiger partial charge in [0.25, 0.3) is 5.91 Å². The normalized spacial score (nSPS) is 15.3. The van der Waals surface area contributed by atoms with Crippen LogP contribution in [0.25, 0.3) is 0 Å². The fourth-order valence-electron chi connectivity index (χ4n) is 3.04. The number of rotatable bonds is 5. The molecule has 0 unspecified atom stereocenters. The van der Waals surface area contributed by atoms with Gasteiger partial charge in [0.15, 0.2) is 0 Å². The minimum Gasteiger partial charge on any atom is -0.495 e. The third-order valence-corrected chi connectivity index (χ3v) is 6.72. The molecule has 0 spiro atoms. The first-order chi connectivity index (χ1) is 12.9. The molecule has 3 rings (SSSR count). The predicted octanol–water partition coefficient (Wildman–Crippen LogP) is 3.78. The second-order valence-electron chi connectivity index (χ2n) is 6.26. The first-order valence-corrected chi connectivity index (χ1v) is 10.5. The minimum absolute atomic E-state index is 0.0452. The van der Waals surface area contributed by atoms with E-state index >= 15 is 0 Å². The van der Waals surface area contributed by atoms with Crippen molar-refractivity contribution >= 4 is 33.2 Å². The Kier molecular flexibility index (Phi) is 6.04. The molecule has 1 fully saturated rings. The highest BCUT2D eigenvalue weighted by Crippen LogP contribution is 2.31. The first-order valence-electron chi connectivity index (χ1n) is 8.67. The van der Waals surface area contributed by atoms with Gasteiger partial charge in [-0.1, -0.05) is 30.2 Å². The van der Waals surface area contributed by atoms with Gasteiger partial charge < -0.3 is 10.1 Å². The number of nitrogens with one attached hydrogen (secondary N) is 1. The SMILES string of the molecule is COc1ccc(NC(=O)c2ccccc2Cl)cc1S(=O)(=O)N1CCCCC1. The number of amides is 1. The molecule has 0 bridgehead atoms. The number of methoxy groups -OCH3 is 1.